The summed E-state index contributed by atoms with van der Waals surface area (Å²) in [6.07, 6.45) is -1.65. The van der Waals surface area contributed by atoms with Gasteiger partial charge in [-0.3, -0.25) is 14.9 Å². The van der Waals surface area contributed by atoms with Gasteiger partial charge in [0, 0.05) is 49.8 Å². The van der Waals surface area contributed by atoms with Gasteiger partial charge < -0.3 is 4.98 Å². The number of alkyl halides is 3. The first kappa shape index (κ1) is 25.4. The summed E-state index contributed by atoms with van der Waals surface area (Å²) in [7, 11) is -4.17. The van der Waals surface area contributed by atoms with Gasteiger partial charge in [0.1, 0.15) is 6.04 Å². The molecule has 3 N–H and O–H groups in total. The smallest absolute Gasteiger partial charge is 0.361 e. The molecule has 1 aromatic carbocycles. The molecule has 1 aromatic heterocycles. The highest BCUT2D eigenvalue weighted by molar-refractivity contribution is 7.86. The molecule has 2 aromatic rings. The van der Waals surface area contributed by atoms with E-state index in [2.05, 4.69) is 11.1 Å². The molecule has 14 heteroatoms. The Morgan fingerprint density at radius 2 is 1.94 bits per heavy atom. The van der Waals surface area contributed by atoms with E-state index >= 15 is 0 Å². The zero-order valence-electron chi connectivity index (χ0n) is 18.6. The summed E-state index contributed by atoms with van der Waals surface area (Å²) in [5.74, 6) is -1.04. The Morgan fingerprint density at radius 3 is 2.57 bits per heavy atom. The second-order valence-electron chi connectivity index (χ2n) is 8.75. The number of hydroxylamine groups is 1. The summed E-state index contributed by atoms with van der Waals surface area (Å²) < 4.78 is 67.3. The maximum Gasteiger partial charge on any atom is 0.401 e. The molecule has 0 aliphatic carbocycles. The third kappa shape index (κ3) is 5.29. The quantitative estimate of drug-likeness (QED) is 0.409. The summed E-state index contributed by atoms with van der Waals surface area (Å²) in [5, 5.41) is 19.2. The zero-order chi connectivity index (χ0) is 25.4. The maximum absolute atomic E-state index is 13.4. The predicted octanol–water partition coefficient (Wildman–Crippen LogP) is 1.52. The van der Waals surface area contributed by atoms with Crippen molar-refractivity contribution in [2.24, 2.45) is 0 Å². The number of nitriles is 1. The molecule has 0 bridgehead atoms. The van der Waals surface area contributed by atoms with Crippen LogP contribution in [0, 0.1) is 11.3 Å². The van der Waals surface area contributed by atoms with Crippen LogP contribution in [0.25, 0.3) is 10.9 Å². The van der Waals surface area contributed by atoms with E-state index in [4.69, 9.17) is 5.21 Å². The number of piperazine rings is 1. The van der Waals surface area contributed by atoms with Crippen molar-refractivity contribution in [2.75, 3.05) is 39.3 Å². The number of nitrogens with zero attached hydrogens (tertiary/aromatic N) is 4. The van der Waals surface area contributed by atoms with E-state index in [1.165, 1.54) is 9.79 Å². The number of carbonyl (C=O) groups is 1. The number of H-pyrrole nitrogens is 1. The van der Waals surface area contributed by atoms with Crippen LogP contribution in [0.1, 0.15) is 29.9 Å². The van der Waals surface area contributed by atoms with Crippen LogP contribution in [0.5, 0.6) is 0 Å². The third-order valence-corrected chi connectivity index (χ3v) is 8.64. The average Bonchev–Trinajstić information content (AvgIpc) is 3.25. The van der Waals surface area contributed by atoms with Gasteiger partial charge in [-0.1, -0.05) is 0 Å². The van der Waals surface area contributed by atoms with Crippen LogP contribution in [0.3, 0.4) is 0 Å². The predicted molar refractivity (Wildman–Crippen MR) is 118 cm³/mol. The van der Waals surface area contributed by atoms with E-state index in [1.54, 1.807) is 12.1 Å². The fourth-order valence-corrected chi connectivity index (χ4v) is 6.64. The van der Waals surface area contributed by atoms with Crippen LogP contribution in [-0.4, -0.2) is 89.5 Å². The number of hydrogen-bond donors (Lipinski definition) is 3. The second kappa shape index (κ2) is 9.75. The molecule has 2 aliphatic rings. The average molecular weight is 515 g/mol. The van der Waals surface area contributed by atoms with Crippen LogP contribution < -0.4 is 5.48 Å². The molecule has 0 unspecified atom stereocenters. The number of nitrogens with one attached hydrogen (secondary N) is 2. The van der Waals surface area contributed by atoms with Crippen molar-refractivity contribution >= 4 is 27.0 Å². The fourth-order valence-electron chi connectivity index (χ4n) is 4.88. The summed E-state index contributed by atoms with van der Waals surface area (Å²) in [5.41, 5.74) is 3.77. The minimum atomic E-state index is -4.50. The van der Waals surface area contributed by atoms with Crippen molar-refractivity contribution in [1.82, 2.24) is 24.0 Å². The number of aromatic nitrogens is 1. The number of halogens is 3. The Bertz CT molecular complexity index is 1230. The Balaban J connectivity index is 1.48. The van der Waals surface area contributed by atoms with E-state index in [-0.39, 0.29) is 32.1 Å². The molecule has 2 saturated heterocycles. The molecule has 10 nitrogen and oxygen atoms in total. The Kier molecular flexibility index (Phi) is 7.07. The van der Waals surface area contributed by atoms with Gasteiger partial charge >= 0.3 is 6.18 Å². The molecular weight excluding hydrogens is 489 g/mol. The number of benzene rings is 1. The van der Waals surface area contributed by atoms with Crippen molar-refractivity contribution in [2.45, 2.75) is 31.0 Å². The lowest BCUT2D eigenvalue weighted by Gasteiger charge is -2.42. The van der Waals surface area contributed by atoms with Gasteiger partial charge in [-0.15, -0.1) is 0 Å². The normalized spacial score (nSPS) is 21.7. The van der Waals surface area contributed by atoms with Gasteiger partial charge in [0.05, 0.1) is 18.2 Å². The number of hydrogen-bond acceptors (Lipinski definition) is 6. The van der Waals surface area contributed by atoms with Crippen molar-refractivity contribution in [1.29, 1.82) is 5.26 Å². The Labute approximate surface area is 200 Å². The van der Waals surface area contributed by atoms with Gasteiger partial charge in [0.2, 0.25) is 0 Å². The topological polar surface area (TPSA) is 133 Å². The van der Waals surface area contributed by atoms with Crippen LogP contribution in [-0.2, 0) is 15.0 Å². The van der Waals surface area contributed by atoms with Gasteiger partial charge in [-0.2, -0.15) is 35.5 Å². The lowest BCUT2D eigenvalue weighted by molar-refractivity contribution is -0.154. The Hall–Kier alpha value is -2.70. The highest BCUT2D eigenvalue weighted by Crippen LogP contribution is 2.35. The van der Waals surface area contributed by atoms with Crippen molar-refractivity contribution in [3.05, 3.63) is 35.5 Å². The van der Waals surface area contributed by atoms with E-state index in [1.807, 2.05) is 12.3 Å². The minimum absolute atomic E-state index is 0.0457. The number of carbonyl (C=O) groups excluding carboxylic acids is 1. The highest BCUT2D eigenvalue weighted by Gasteiger charge is 2.45. The van der Waals surface area contributed by atoms with Gasteiger partial charge in [-0.25, -0.2) is 5.48 Å². The standard InChI is InChI=1S/C21H25F3N6O4S/c22-21(23,24)13-28-7-8-30(19(12-28)20(31)27-32)35(33,34)29-5-3-15(4-6-29)17-11-26-18-2-1-14(10-25)9-16(17)18/h1-2,9,11,15,19,26,32H,3-8,12-13H2,(H,27,31)/t19-/m1/s1. The second-order valence-corrected chi connectivity index (χ2v) is 10.6. The fraction of sp³-hybridized carbons (Fsp3) is 0.524. The molecular formula is C21H25F3N6O4S. The van der Waals surface area contributed by atoms with Crippen LogP contribution in [0.2, 0.25) is 0 Å². The molecule has 2 aliphatic heterocycles. The molecule has 1 atom stereocenters. The Morgan fingerprint density at radius 1 is 1.23 bits per heavy atom. The molecule has 3 heterocycles. The van der Waals surface area contributed by atoms with E-state index in [9.17, 15) is 31.6 Å². The molecule has 0 radical (unpaired) electrons. The number of aromatic amines is 1. The van der Waals surface area contributed by atoms with Gasteiger partial charge in [-0.05, 0) is 42.5 Å². The maximum atomic E-state index is 13.4. The van der Waals surface area contributed by atoms with Crippen molar-refractivity contribution < 1.29 is 31.6 Å². The third-order valence-electron chi connectivity index (χ3n) is 6.59. The lowest BCUT2D eigenvalue weighted by atomic mass is 9.90. The van der Waals surface area contributed by atoms with Crippen LogP contribution in [0.4, 0.5) is 13.2 Å². The number of fused-ring (bicyclic) bond motifs is 1. The minimum Gasteiger partial charge on any atom is -0.361 e. The first-order valence-corrected chi connectivity index (χ1v) is 12.4. The van der Waals surface area contributed by atoms with Crippen LogP contribution in [0.15, 0.2) is 24.4 Å². The summed E-state index contributed by atoms with van der Waals surface area (Å²) in [4.78, 5) is 16.3. The monoisotopic (exact) mass is 514 g/mol. The van der Waals surface area contributed by atoms with E-state index in [0.717, 1.165) is 25.7 Å². The number of piperidine rings is 1. The molecule has 1 amide bonds. The molecule has 190 valence electrons. The summed E-state index contributed by atoms with van der Waals surface area (Å²) in [6.45, 7) is -1.95. The van der Waals surface area contributed by atoms with E-state index in [0.29, 0.717) is 18.4 Å². The summed E-state index contributed by atoms with van der Waals surface area (Å²) >= 11 is 0. The molecule has 0 spiro atoms. The largest absolute Gasteiger partial charge is 0.401 e. The number of rotatable bonds is 5. The van der Waals surface area contributed by atoms with Crippen LogP contribution >= 0.6 is 0 Å². The highest BCUT2D eigenvalue weighted by atomic mass is 32.2. The van der Waals surface area contributed by atoms with Crippen molar-refractivity contribution in [3.63, 3.8) is 0 Å². The lowest BCUT2D eigenvalue weighted by Crippen LogP contribution is -2.63. The SMILES string of the molecule is N#Cc1ccc2[nH]cc(C3CCN(S(=O)(=O)N4CCN(CC(F)(F)F)C[C@@H]4C(=O)NO)CC3)c2c1. The molecule has 2 fully saturated rings. The zero-order valence-corrected chi connectivity index (χ0v) is 19.4. The summed E-state index contributed by atoms with van der Waals surface area (Å²) in [6, 6.07) is 5.95. The molecule has 4 rings (SSSR count). The van der Waals surface area contributed by atoms with Gasteiger partial charge in [0.25, 0.3) is 16.1 Å². The molecule has 35 heavy (non-hydrogen) atoms. The first-order chi connectivity index (χ1) is 16.5. The number of amides is 1. The molecule has 0 saturated carbocycles. The van der Waals surface area contributed by atoms with Crippen molar-refractivity contribution in [3.8, 4) is 6.07 Å². The van der Waals surface area contributed by atoms with E-state index < -0.39 is 41.4 Å². The first-order valence-electron chi connectivity index (χ1n) is 11.0. The van der Waals surface area contributed by atoms with Gasteiger partial charge in [0.15, 0.2) is 0 Å².